The van der Waals surface area contributed by atoms with E-state index in [0.29, 0.717) is 17.6 Å². The highest BCUT2D eigenvalue weighted by Crippen LogP contribution is 2.41. The molecule has 1 amide bonds. The van der Waals surface area contributed by atoms with Crippen LogP contribution in [0.1, 0.15) is 72.6 Å². The van der Waals surface area contributed by atoms with E-state index in [-0.39, 0.29) is 18.0 Å². The van der Waals surface area contributed by atoms with Crippen LogP contribution in [0, 0.1) is 6.92 Å². The van der Waals surface area contributed by atoms with Crippen LogP contribution in [0.4, 0.5) is 0 Å². The van der Waals surface area contributed by atoms with Crippen molar-refractivity contribution in [2.24, 2.45) is 0 Å². The van der Waals surface area contributed by atoms with Crippen LogP contribution in [-0.4, -0.2) is 27.9 Å². The van der Waals surface area contributed by atoms with Gasteiger partial charge in [0, 0.05) is 23.9 Å². The van der Waals surface area contributed by atoms with Gasteiger partial charge in [0.15, 0.2) is 5.89 Å². The molecule has 4 rings (SSSR count). The predicted octanol–water partition coefficient (Wildman–Crippen LogP) is 4.27. The molecule has 0 bridgehead atoms. The molecular formula is C20H24N2O2. The van der Waals surface area contributed by atoms with Gasteiger partial charge in [-0.25, -0.2) is 4.98 Å². The summed E-state index contributed by atoms with van der Waals surface area (Å²) in [6, 6.07) is 10.8. The van der Waals surface area contributed by atoms with Crippen molar-refractivity contribution in [2.45, 2.75) is 64.0 Å². The van der Waals surface area contributed by atoms with E-state index in [1.807, 2.05) is 17.9 Å². The third-order valence-corrected chi connectivity index (χ3v) is 5.49. The molecule has 24 heavy (non-hydrogen) atoms. The number of aromatic nitrogens is 1. The van der Waals surface area contributed by atoms with E-state index in [1.54, 1.807) is 0 Å². The van der Waals surface area contributed by atoms with Crippen LogP contribution in [0.5, 0.6) is 0 Å². The number of nitrogens with zero attached hydrogens (tertiary/aromatic N) is 2. The molecule has 0 N–H and O–H groups in total. The van der Waals surface area contributed by atoms with Gasteiger partial charge in [-0.2, -0.15) is 0 Å². The van der Waals surface area contributed by atoms with Gasteiger partial charge >= 0.3 is 0 Å². The number of oxazole rings is 1. The number of aryl methyl sites for hydroxylation is 1. The molecule has 0 spiro atoms. The first-order chi connectivity index (χ1) is 11.6. The molecule has 1 aliphatic carbocycles. The van der Waals surface area contributed by atoms with E-state index in [9.17, 15) is 4.79 Å². The molecule has 2 fully saturated rings. The van der Waals surface area contributed by atoms with Crippen molar-refractivity contribution in [1.29, 1.82) is 0 Å². The molecule has 2 aliphatic rings. The van der Waals surface area contributed by atoms with Gasteiger partial charge in [-0.1, -0.05) is 30.3 Å². The van der Waals surface area contributed by atoms with Gasteiger partial charge in [0.05, 0.1) is 5.69 Å². The lowest BCUT2D eigenvalue weighted by atomic mass is 9.92. The molecular weight excluding hydrogens is 300 g/mol. The van der Waals surface area contributed by atoms with Gasteiger partial charge in [-0.05, 0) is 45.6 Å². The maximum absolute atomic E-state index is 13.1. The van der Waals surface area contributed by atoms with Crippen molar-refractivity contribution in [3.05, 3.63) is 53.2 Å². The quantitative estimate of drug-likeness (QED) is 0.847. The van der Waals surface area contributed by atoms with Crippen LogP contribution in [0.15, 0.2) is 34.7 Å². The van der Waals surface area contributed by atoms with Crippen molar-refractivity contribution in [3.8, 4) is 0 Å². The third-order valence-electron chi connectivity index (χ3n) is 5.49. The summed E-state index contributed by atoms with van der Waals surface area (Å²) < 4.78 is 5.85. The zero-order chi connectivity index (χ0) is 16.8. The zero-order valence-corrected chi connectivity index (χ0v) is 14.5. The summed E-state index contributed by atoms with van der Waals surface area (Å²) in [5.74, 6) is 1.97. The monoisotopic (exact) mass is 324 g/mol. The molecule has 4 nitrogen and oxygen atoms in total. The number of carbonyl (C=O) groups excluding carboxylic acids is 1. The average molecular weight is 324 g/mol. The highest BCUT2D eigenvalue weighted by molar-refractivity contribution is 5.93. The second-order valence-electron chi connectivity index (χ2n) is 7.30. The summed E-state index contributed by atoms with van der Waals surface area (Å²) >= 11 is 0. The molecule has 1 aromatic heterocycles. The van der Waals surface area contributed by atoms with Gasteiger partial charge < -0.3 is 9.32 Å². The fourth-order valence-electron chi connectivity index (χ4n) is 4.01. The van der Waals surface area contributed by atoms with Crippen LogP contribution >= 0.6 is 0 Å². The topological polar surface area (TPSA) is 46.3 Å². The van der Waals surface area contributed by atoms with E-state index in [4.69, 9.17) is 4.42 Å². The second kappa shape index (κ2) is 5.76. The Morgan fingerprint density at radius 2 is 1.92 bits per heavy atom. The number of rotatable bonds is 3. The summed E-state index contributed by atoms with van der Waals surface area (Å²) in [6.45, 7) is 6.15. The Balaban J connectivity index is 1.60. The number of hydrogen-bond donors (Lipinski definition) is 0. The normalized spacial score (nSPS) is 26.8. The second-order valence-corrected chi connectivity index (χ2v) is 7.30. The first-order valence-corrected chi connectivity index (χ1v) is 8.91. The SMILES string of the molecule is Cc1nc(C2CC2)oc1C(=O)N1C(C)CC(c2ccccc2)C1C. The van der Waals surface area contributed by atoms with Crippen molar-refractivity contribution in [2.75, 3.05) is 0 Å². The van der Waals surface area contributed by atoms with Crippen molar-refractivity contribution in [3.63, 3.8) is 0 Å². The fourth-order valence-corrected chi connectivity index (χ4v) is 4.01. The molecule has 1 saturated heterocycles. The summed E-state index contributed by atoms with van der Waals surface area (Å²) in [5, 5.41) is 0. The minimum atomic E-state index is -0.00895. The van der Waals surface area contributed by atoms with Gasteiger partial charge in [0.25, 0.3) is 5.91 Å². The smallest absolute Gasteiger partial charge is 0.292 e. The van der Waals surface area contributed by atoms with E-state index in [1.165, 1.54) is 5.56 Å². The van der Waals surface area contributed by atoms with Crippen LogP contribution in [0.2, 0.25) is 0 Å². The molecule has 1 saturated carbocycles. The largest absolute Gasteiger partial charge is 0.435 e. The van der Waals surface area contributed by atoms with Crippen molar-refractivity contribution in [1.82, 2.24) is 9.88 Å². The maximum atomic E-state index is 13.1. The first-order valence-electron chi connectivity index (χ1n) is 8.91. The maximum Gasteiger partial charge on any atom is 0.292 e. The van der Waals surface area contributed by atoms with Crippen LogP contribution in [0.3, 0.4) is 0 Å². The van der Waals surface area contributed by atoms with Gasteiger partial charge in [0.1, 0.15) is 0 Å². The van der Waals surface area contributed by atoms with Gasteiger partial charge in [-0.3, -0.25) is 4.79 Å². The number of benzene rings is 1. The lowest BCUT2D eigenvalue weighted by Crippen LogP contribution is -2.39. The highest BCUT2D eigenvalue weighted by Gasteiger charge is 2.42. The number of amides is 1. The Kier molecular flexibility index (Phi) is 3.70. The summed E-state index contributed by atoms with van der Waals surface area (Å²) in [4.78, 5) is 19.6. The fraction of sp³-hybridized carbons (Fsp3) is 0.500. The Morgan fingerprint density at radius 3 is 2.58 bits per heavy atom. The van der Waals surface area contributed by atoms with Crippen molar-refractivity contribution < 1.29 is 9.21 Å². The molecule has 2 heterocycles. The molecule has 2 aromatic rings. The minimum Gasteiger partial charge on any atom is -0.435 e. The Morgan fingerprint density at radius 1 is 1.21 bits per heavy atom. The lowest BCUT2D eigenvalue weighted by Gasteiger charge is -2.27. The summed E-state index contributed by atoms with van der Waals surface area (Å²) in [7, 11) is 0. The minimum absolute atomic E-state index is 0.00895. The lowest BCUT2D eigenvalue weighted by molar-refractivity contribution is 0.0652. The Labute approximate surface area is 142 Å². The molecule has 1 aromatic carbocycles. The van der Waals surface area contributed by atoms with Crippen LogP contribution in [0.25, 0.3) is 0 Å². The average Bonchev–Trinajstić information content (AvgIpc) is 3.29. The Bertz CT molecular complexity index is 748. The molecule has 3 atom stereocenters. The van der Waals surface area contributed by atoms with Gasteiger partial charge in [-0.15, -0.1) is 0 Å². The number of hydrogen-bond acceptors (Lipinski definition) is 3. The molecule has 3 unspecified atom stereocenters. The number of carbonyl (C=O) groups is 1. The molecule has 1 aliphatic heterocycles. The highest BCUT2D eigenvalue weighted by atomic mass is 16.4. The predicted molar refractivity (Wildman–Crippen MR) is 92.1 cm³/mol. The van der Waals surface area contributed by atoms with Crippen molar-refractivity contribution >= 4 is 5.91 Å². The van der Waals surface area contributed by atoms with E-state index >= 15 is 0 Å². The van der Waals surface area contributed by atoms with Crippen LogP contribution < -0.4 is 0 Å². The van der Waals surface area contributed by atoms with E-state index in [2.05, 4.69) is 43.1 Å². The zero-order valence-electron chi connectivity index (χ0n) is 14.5. The molecule has 0 radical (unpaired) electrons. The Hall–Kier alpha value is -2.10. The van der Waals surface area contributed by atoms with E-state index in [0.717, 1.165) is 30.8 Å². The standard InChI is InChI=1S/C20H24N2O2/c1-12-11-17(15-7-5-4-6-8-15)14(3)22(12)20(23)18-13(2)21-19(24-18)16-9-10-16/h4-8,12,14,16-17H,9-11H2,1-3H3. The number of likely N-dealkylation sites (tertiary alicyclic amines) is 1. The first kappa shape index (κ1) is 15.4. The van der Waals surface area contributed by atoms with Gasteiger partial charge in [0.2, 0.25) is 5.76 Å². The van der Waals surface area contributed by atoms with Crippen LogP contribution in [-0.2, 0) is 0 Å². The third kappa shape index (κ3) is 2.54. The van der Waals surface area contributed by atoms with E-state index < -0.39 is 0 Å². The molecule has 126 valence electrons. The summed E-state index contributed by atoms with van der Waals surface area (Å²) in [5.41, 5.74) is 2.03. The molecule has 4 heteroatoms. The summed E-state index contributed by atoms with van der Waals surface area (Å²) in [6.07, 6.45) is 3.24.